The molecule has 1 aliphatic rings. The molecular weight excluding hydrogens is 324 g/mol. The monoisotopic (exact) mass is 340 g/mol. The van der Waals surface area contributed by atoms with Crippen molar-refractivity contribution in [2.45, 2.75) is 25.8 Å². The molecular formula is C14H17BrN2O3. The Hall–Kier alpha value is -1.56. The van der Waals surface area contributed by atoms with E-state index in [2.05, 4.69) is 21.2 Å². The molecule has 1 fully saturated rings. The van der Waals surface area contributed by atoms with Crippen LogP contribution < -0.4 is 10.1 Å². The minimum atomic E-state index is -0.375. The molecule has 0 spiro atoms. The molecule has 1 saturated heterocycles. The Morgan fingerprint density at radius 3 is 2.65 bits per heavy atom. The van der Waals surface area contributed by atoms with Crippen LogP contribution in [0.25, 0.3) is 0 Å². The van der Waals surface area contributed by atoms with E-state index >= 15 is 0 Å². The molecule has 0 saturated carbocycles. The maximum Gasteiger partial charge on any atom is 0.324 e. The van der Waals surface area contributed by atoms with Gasteiger partial charge in [0.15, 0.2) is 0 Å². The minimum absolute atomic E-state index is 0.156. The number of halogens is 1. The number of carbonyl (C=O) groups is 2. The Morgan fingerprint density at radius 1 is 1.30 bits per heavy atom. The Morgan fingerprint density at radius 2 is 2.00 bits per heavy atom. The van der Waals surface area contributed by atoms with E-state index in [9.17, 15) is 9.59 Å². The number of imide groups is 1. The van der Waals surface area contributed by atoms with Gasteiger partial charge in [-0.15, -0.1) is 0 Å². The first kappa shape index (κ1) is 14.8. The highest BCUT2D eigenvalue weighted by atomic mass is 79.9. The van der Waals surface area contributed by atoms with E-state index in [1.54, 1.807) is 0 Å². The lowest BCUT2D eigenvalue weighted by Crippen LogP contribution is -2.35. The molecule has 5 nitrogen and oxygen atoms in total. The molecule has 1 aromatic rings. The van der Waals surface area contributed by atoms with Crippen LogP contribution in [0.4, 0.5) is 4.79 Å². The summed E-state index contributed by atoms with van der Waals surface area (Å²) in [5.74, 6) is 0.557. The van der Waals surface area contributed by atoms with Gasteiger partial charge in [-0.3, -0.25) is 9.69 Å². The van der Waals surface area contributed by atoms with Crippen LogP contribution >= 0.6 is 15.9 Å². The molecule has 0 radical (unpaired) electrons. The number of benzene rings is 1. The molecule has 1 aromatic carbocycles. The zero-order valence-electron chi connectivity index (χ0n) is 11.3. The molecule has 1 N–H and O–H groups in total. The lowest BCUT2D eigenvalue weighted by molar-refractivity contribution is -0.127. The van der Waals surface area contributed by atoms with Crippen LogP contribution in [0, 0.1) is 0 Å². The fourth-order valence-corrected chi connectivity index (χ4v) is 2.32. The number of hydrogen-bond acceptors (Lipinski definition) is 3. The van der Waals surface area contributed by atoms with Crippen LogP contribution in [0.3, 0.4) is 0 Å². The maximum absolute atomic E-state index is 12.0. The van der Waals surface area contributed by atoms with Crippen molar-refractivity contribution in [1.29, 1.82) is 0 Å². The normalized spacial score (nSPS) is 18.3. The molecule has 2 rings (SSSR count). The summed E-state index contributed by atoms with van der Waals surface area (Å²) in [6.07, 6.45) is 1.54. The first-order chi connectivity index (χ1) is 9.61. The Bertz CT molecular complexity index is 490. The van der Waals surface area contributed by atoms with Gasteiger partial charge in [-0.25, -0.2) is 4.79 Å². The van der Waals surface area contributed by atoms with E-state index in [0.29, 0.717) is 18.8 Å². The highest BCUT2D eigenvalue weighted by Crippen LogP contribution is 2.16. The van der Waals surface area contributed by atoms with Crippen molar-refractivity contribution in [2.75, 3.05) is 13.2 Å². The largest absolute Gasteiger partial charge is 0.492 e. The zero-order valence-corrected chi connectivity index (χ0v) is 12.9. The van der Waals surface area contributed by atoms with Crippen molar-refractivity contribution < 1.29 is 14.3 Å². The second kappa shape index (κ2) is 6.74. The van der Waals surface area contributed by atoms with E-state index in [-0.39, 0.29) is 24.5 Å². The van der Waals surface area contributed by atoms with Crippen molar-refractivity contribution in [3.63, 3.8) is 0 Å². The second-order valence-corrected chi connectivity index (χ2v) is 5.50. The molecule has 108 valence electrons. The fourth-order valence-electron chi connectivity index (χ4n) is 2.06. The van der Waals surface area contributed by atoms with E-state index in [1.807, 2.05) is 31.2 Å². The molecule has 0 aliphatic carbocycles. The smallest absolute Gasteiger partial charge is 0.324 e. The van der Waals surface area contributed by atoms with Crippen molar-refractivity contribution in [3.8, 4) is 5.75 Å². The number of rotatable bonds is 6. The maximum atomic E-state index is 12.0. The third-order valence-electron chi connectivity index (χ3n) is 3.08. The summed E-state index contributed by atoms with van der Waals surface area (Å²) in [4.78, 5) is 24.9. The van der Waals surface area contributed by atoms with Crippen molar-refractivity contribution in [2.24, 2.45) is 0 Å². The highest BCUT2D eigenvalue weighted by molar-refractivity contribution is 9.10. The SMILES string of the molecule is CCCC1NC(=O)N(CCOc2ccc(Br)cc2)C1=O. The van der Waals surface area contributed by atoms with Crippen LogP contribution in [0.2, 0.25) is 0 Å². The van der Waals surface area contributed by atoms with Crippen LogP contribution in [0.1, 0.15) is 19.8 Å². The lowest BCUT2D eigenvalue weighted by Gasteiger charge is -2.13. The van der Waals surface area contributed by atoms with E-state index in [1.165, 1.54) is 4.90 Å². The standard InChI is InChI=1S/C14H17BrN2O3/c1-2-3-12-13(18)17(14(19)16-12)8-9-20-11-6-4-10(15)5-7-11/h4-7,12H,2-3,8-9H2,1H3,(H,16,19). The highest BCUT2D eigenvalue weighted by Gasteiger charge is 2.36. The van der Waals surface area contributed by atoms with Crippen molar-refractivity contribution in [1.82, 2.24) is 10.2 Å². The van der Waals surface area contributed by atoms with Crippen LogP contribution in [0.5, 0.6) is 5.75 Å². The molecule has 1 atom stereocenters. The van der Waals surface area contributed by atoms with E-state index < -0.39 is 0 Å². The average Bonchev–Trinajstić information content (AvgIpc) is 2.69. The molecule has 20 heavy (non-hydrogen) atoms. The van der Waals surface area contributed by atoms with Crippen molar-refractivity contribution in [3.05, 3.63) is 28.7 Å². The molecule has 1 unspecified atom stereocenters. The van der Waals surface area contributed by atoms with E-state index in [4.69, 9.17) is 4.74 Å². The lowest BCUT2D eigenvalue weighted by atomic mass is 10.2. The van der Waals surface area contributed by atoms with Gasteiger partial charge < -0.3 is 10.1 Å². The topological polar surface area (TPSA) is 58.6 Å². The predicted octanol–water partition coefficient (Wildman–Crippen LogP) is 2.55. The summed E-state index contributed by atoms with van der Waals surface area (Å²) < 4.78 is 6.49. The minimum Gasteiger partial charge on any atom is -0.492 e. The van der Waals surface area contributed by atoms with Gasteiger partial charge in [0, 0.05) is 4.47 Å². The Balaban J connectivity index is 1.83. The number of ether oxygens (including phenoxy) is 1. The number of carbonyl (C=O) groups excluding carboxylic acids is 2. The summed E-state index contributed by atoms with van der Waals surface area (Å²) in [6.45, 7) is 2.54. The summed E-state index contributed by atoms with van der Waals surface area (Å²) in [6, 6.07) is 6.71. The summed E-state index contributed by atoms with van der Waals surface area (Å²) in [7, 11) is 0. The zero-order chi connectivity index (χ0) is 14.5. The van der Waals surface area contributed by atoms with Gasteiger partial charge in [-0.2, -0.15) is 0 Å². The summed E-state index contributed by atoms with van der Waals surface area (Å²) in [5.41, 5.74) is 0. The first-order valence-corrected chi connectivity index (χ1v) is 7.41. The van der Waals surface area contributed by atoms with Gasteiger partial charge in [0.1, 0.15) is 18.4 Å². The van der Waals surface area contributed by atoms with Gasteiger partial charge in [-0.1, -0.05) is 29.3 Å². The van der Waals surface area contributed by atoms with Gasteiger partial charge in [-0.05, 0) is 30.7 Å². The Kier molecular flexibility index (Phi) is 5.00. The fraction of sp³-hybridized carbons (Fsp3) is 0.429. The third-order valence-corrected chi connectivity index (χ3v) is 3.61. The van der Waals surface area contributed by atoms with E-state index in [0.717, 1.165) is 10.9 Å². The average molecular weight is 341 g/mol. The number of hydrogen-bond donors (Lipinski definition) is 1. The molecule has 0 bridgehead atoms. The van der Waals surface area contributed by atoms with Crippen molar-refractivity contribution >= 4 is 27.9 Å². The number of nitrogens with zero attached hydrogens (tertiary/aromatic N) is 1. The quantitative estimate of drug-likeness (QED) is 0.809. The van der Waals surface area contributed by atoms with Gasteiger partial charge >= 0.3 is 6.03 Å². The summed E-state index contributed by atoms with van der Waals surface area (Å²) in [5, 5.41) is 2.69. The third kappa shape index (κ3) is 3.50. The molecule has 6 heteroatoms. The van der Waals surface area contributed by atoms with Gasteiger partial charge in [0.2, 0.25) is 0 Å². The molecule has 1 heterocycles. The van der Waals surface area contributed by atoms with Gasteiger partial charge in [0.05, 0.1) is 6.54 Å². The Labute approximate surface area is 126 Å². The number of amides is 3. The number of urea groups is 1. The second-order valence-electron chi connectivity index (χ2n) is 4.58. The first-order valence-electron chi connectivity index (χ1n) is 6.62. The van der Waals surface area contributed by atoms with Crippen LogP contribution in [-0.4, -0.2) is 36.0 Å². The molecule has 0 aromatic heterocycles. The van der Waals surface area contributed by atoms with Crippen LogP contribution in [-0.2, 0) is 4.79 Å². The molecule has 3 amide bonds. The molecule has 1 aliphatic heterocycles. The summed E-state index contributed by atoms with van der Waals surface area (Å²) >= 11 is 3.34. The number of nitrogens with one attached hydrogen (secondary N) is 1. The van der Waals surface area contributed by atoms with Gasteiger partial charge in [0.25, 0.3) is 5.91 Å². The predicted molar refractivity (Wildman–Crippen MR) is 78.6 cm³/mol. The van der Waals surface area contributed by atoms with Crippen LogP contribution in [0.15, 0.2) is 28.7 Å².